The van der Waals surface area contributed by atoms with Crippen LogP contribution < -0.4 is 5.73 Å². The van der Waals surface area contributed by atoms with Crippen LogP contribution >= 0.6 is 0 Å². The first-order valence-electron chi connectivity index (χ1n) is 7.48. The van der Waals surface area contributed by atoms with Gasteiger partial charge in [-0.1, -0.05) is 26.7 Å². The van der Waals surface area contributed by atoms with Gasteiger partial charge in [0.2, 0.25) is 0 Å². The second kappa shape index (κ2) is 8.90. The maximum atomic E-state index is 5.65. The maximum absolute atomic E-state index is 5.65. The van der Waals surface area contributed by atoms with Crippen molar-refractivity contribution in [2.24, 2.45) is 5.73 Å². The average Bonchev–Trinajstić information content (AvgIpc) is 2.87. The Balaban J connectivity index is 2.33. The van der Waals surface area contributed by atoms with Gasteiger partial charge in [0.25, 0.3) is 0 Å². The summed E-state index contributed by atoms with van der Waals surface area (Å²) in [5.74, 6) is 0. The molecule has 0 spiro atoms. The Bertz CT molecular complexity index is 174. The number of likely N-dealkylation sites (N-methyl/N-ethyl adjacent to an activating group) is 1. The molecule has 0 aromatic rings. The van der Waals surface area contributed by atoms with Gasteiger partial charge in [0.1, 0.15) is 0 Å². The Labute approximate surface area is 107 Å². The molecule has 17 heavy (non-hydrogen) atoms. The van der Waals surface area contributed by atoms with Gasteiger partial charge in [0, 0.05) is 19.1 Å². The van der Waals surface area contributed by atoms with E-state index < -0.39 is 0 Å². The molecule has 0 bridgehead atoms. The third-order valence-electron chi connectivity index (χ3n) is 4.09. The van der Waals surface area contributed by atoms with E-state index in [0.29, 0.717) is 0 Å². The Morgan fingerprint density at radius 1 is 1.00 bits per heavy atom. The minimum Gasteiger partial charge on any atom is -0.330 e. The molecular formula is C14H31N3. The molecule has 3 heteroatoms. The molecule has 1 rings (SSSR count). The number of rotatable bonds is 9. The van der Waals surface area contributed by atoms with Gasteiger partial charge >= 0.3 is 0 Å². The van der Waals surface area contributed by atoms with Gasteiger partial charge in [0.05, 0.1) is 0 Å². The molecule has 0 aromatic heterocycles. The second-order valence-electron chi connectivity index (χ2n) is 5.14. The van der Waals surface area contributed by atoms with Crippen molar-refractivity contribution in [3.63, 3.8) is 0 Å². The third kappa shape index (κ3) is 5.36. The van der Waals surface area contributed by atoms with Gasteiger partial charge in [0.15, 0.2) is 0 Å². The summed E-state index contributed by atoms with van der Waals surface area (Å²) in [6, 6.07) is 0.845. The Morgan fingerprint density at radius 3 is 2.18 bits per heavy atom. The second-order valence-corrected chi connectivity index (χ2v) is 5.14. The molecule has 0 radical (unpaired) electrons. The van der Waals surface area contributed by atoms with Crippen LogP contribution in [-0.4, -0.2) is 55.1 Å². The van der Waals surface area contributed by atoms with Crippen molar-refractivity contribution in [1.82, 2.24) is 9.80 Å². The van der Waals surface area contributed by atoms with Crippen molar-refractivity contribution >= 4 is 0 Å². The van der Waals surface area contributed by atoms with E-state index in [1.54, 1.807) is 0 Å². The molecule has 2 N–H and O–H groups in total. The van der Waals surface area contributed by atoms with E-state index in [9.17, 15) is 0 Å². The molecule has 1 fully saturated rings. The van der Waals surface area contributed by atoms with Gasteiger partial charge in [-0.3, -0.25) is 4.90 Å². The van der Waals surface area contributed by atoms with E-state index in [4.69, 9.17) is 5.73 Å². The van der Waals surface area contributed by atoms with Crippen LogP contribution in [0.5, 0.6) is 0 Å². The molecule has 102 valence electrons. The Morgan fingerprint density at radius 2 is 1.65 bits per heavy atom. The molecule has 0 saturated heterocycles. The molecule has 1 aliphatic rings. The lowest BCUT2D eigenvalue weighted by molar-refractivity contribution is 0.165. The smallest absolute Gasteiger partial charge is 0.0112 e. The number of nitrogens with two attached hydrogens (primary N) is 1. The van der Waals surface area contributed by atoms with E-state index in [1.807, 2.05) is 0 Å². The predicted molar refractivity (Wildman–Crippen MR) is 75.3 cm³/mol. The molecular weight excluding hydrogens is 210 g/mol. The summed E-state index contributed by atoms with van der Waals surface area (Å²) in [5, 5.41) is 0. The first-order chi connectivity index (χ1) is 8.31. The summed E-state index contributed by atoms with van der Waals surface area (Å²) < 4.78 is 0. The molecule has 0 aromatic carbocycles. The highest BCUT2D eigenvalue weighted by atomic mass is 15.2. The lowest BCUT2D eigenvalue weighted by Gasteiger charge is -2.31. The van der Waals surface area contributed by atoms with Crippen LogP contribution in [0.1, 0.15) is 46.0 Å². The molecule has 0 atom stereocenters. The van der Waals surface area contributed by atoms with Crippen LogP contribution in [0.4, 0.5) is 0 Å². The van der Waals surface area contributed by atoms with E-state index in [2.05, 4.69) is 23.6 Å². The van der Waals surface area contributed by atoms with Crippen LogP contribution in [-0.2, 0) is 0 Å². The number of hydrogen-bond acceptors (Lipinski definition) is 3. The largest absolute Gasteiger partial charge is 0.330 e. The number of hydrogen-bond donors (Lipinski definition) is 1. The highest BCUT2D eigenvalue weighted by molar-refractivity contribution is 4.78. The zero-order valence-corrected chi connectivity index (χ0v) is 11.8. The summed E-state index contributed by atoms with van der Waals surface area (Å²) in [6.07, 6.45) is 6.81. The van der Waals surface area contributed by atoms with Crippen molar-refractivity contribution < 1.29 is 0 Å². The van der Waals surface area contributed by atoms with Crippen LogP contribution in [0.15, 0.2) is 0 Å². The van der Waals surface area contributed by atoms with Crippen molar-refractivity contribution in [2.75, 3.05) is 39.3 Å². The Kier molecular flexibility index (Phi) is 7.82. The summed E-state index contributed by atoms with van der Waals surface area (Å²) in [6.45, 7) is 11.3. The van der Waals surface area contributed by atoms with Gasteiger partial charge < -0.3 is 10.6 Å². The van der Waals surface area contributed by atoms with Crippen molar-refractivity contribution in [3.05, 3.63) is 0 Å². The van der Waals surface area contributed by atoms with E-state index in [0.717, 1.165) is 19.0 Å². The monoisotopic (exact) mass is 241 g/mol. The fourth-order valence-corrected chi connectivity index (χ4v) is 2.85. The lowest BCUT2D eigenvalue weighted by Crippen LogP contribution is -2.41. The van der Waals surface area contributed by atoms with E-state index in [1.165, 1.54) is 58.4 Å². The van der Waals surface area contributed by atoms with Gasteiger partial charge in [-0.05, 0) is 45.4 Å². The SMILES string of the molecule is CCN(CC)CCN(CCCN)C1CCCC1. The van der Waals surface area contributed by atoms with Gasteiger partial charge in [-0.25, -0.2) is 0 Å². The summed E-state index contributed by atoms with van der Waals surface area (Å²) in [7, 11) is 0. The third-order valence-corrected chi connectivity index (χ3v) is 4.09. The van der Waals surface area contributed by atoms with Crippen molar-refractivity contribution in [1.29, 1.82) is 0 Å². The van der Waals surface area contributed by atoms with Gasteiger partial charge in [-0.2, -0.15) is 0 Å². The van der Waals surface area contributed by atoms with Gasteiger partial charge in [-0.15, -0.1) is 0 Å². The zero-order valence-electron chi connectivity index (χ0n) is 11.8. The fourth-order valence-electron chi connectivity index (χ4n) is 2.85. The first kappa shape index (κ1) is 14.9. The van der Waals surface area contributed by atoms with Crippen LogP contribution in [0.25, 0.3) is 0 Å². The van der Waals surface area contributed by atoms with Crippen LogP contribution in [0.2, 0.25) is 0 Å². The van der Waals surface area contributed by atoms with Crippen LogP contribution in [0.3, 0.4) is 0 Å². The molecule has 1 saturated carbocycles. The minimum atomic E-state index is 0.828. The predicted octanol–water partition coefficient (Wildman–Crippen LogP) is 1.92. The standard InChI is InChI=1S/C14H31N3/c1-3-16(4-2)12-13-17(11-7-10-15)14-8-5-6-9-14/h14H,3-13,15H2,1-2H3. The summed E-state index contributed by atoms with van der Waals surface area (Å²) in [5.41, 5.74) is 5.65. The lowest BCUT2D eigenvalue weighted by atomic mass is 10.2. The molecule has 3 nitrogen and oxygen atoms in total. The molecule has 1 aliphatic carbocycles. The summed E-state index contributed by atoms with van der Waals surface area (Å²) in [4.78, 5) is 5.21. The normalized spacial score (nSPS) is 17.5. The van der Waals surface area contributed by atoms with Crippen LogP contribution in [0, 0.1) is 0 Å². The highest BCUT2D eigenvalue weighted by Crippen LogP contribution is 2.23. The molecule has 0 unspecified atom stereocenters. The van der Waals surface area contributed by atoms with Crippen molar-refractivity contribution in [2.45, 2.75) is 52.0 Å². The highest BCUT2D eigenvalue weighted by Gasteiger charge is 2.21. The molecule has 0 amide bonds. The zero-order chi connectivity index (χ0) is 12.5. The quantitative estimate of drug-likeness (QED) is 0.669. The molecule has 0 aliphatic heterocycles. The molecule has 0 heterocycles. The van der Waals surface area contributed by atoms with Crippen molar-refractivity contribution in [3.8, 4) is 0 Å². The average molecular weight is 241 g/mol. The van der Waals surface area contributed by atoms with E-state index in [-0.39, 0.29) is 0 Å². The Hall–Kier alpha value is -0.120. The number of nitrogens with zero attached hydrogens (tertiary/aromatic N) is 2. The first-order valence-corrected chi connectivity index (χ1v) is 7.48. The maximum Gasteiger partial charge on any atom is 0.0112 e. The fraction of sp³-hybridized carbons (Fsp3) is 1.00. The minimum absolute atomic E-state index is 0.828. The summed E-state index contributed by atoms with van der Waals surface area (Å²) >= 11 is 0. The topological polar surface area (TPSA) is 32.5 Å². The van der Waals surface area contributed by atoms with E-state index >= 15 is 0 Å².